The molecule has 1 aliphatic rings. The zero-order valence-electron chi connectivity index (χ0n) is 12.9. The molecule has 21 heavy (non-hydrogen) atoms. The van der Waals surface area contributed by atoms with Crippen LogP contribution in [-0.4, -0.2) is 80.4 Å². The standard InChI is InChI=1S/C13H27N3O4S/c1-3-11-21(19,20)14-12(2)13(18)16-6-4-5-15(7-8-16)9-10-17/h12,14,17H,3-11H2,1-2H3. The van der Waals surface area contributed by atoms with Gasteiger partial charge in [0.05, 0.1) is 18.4 Å². The molecule has 1 aliphatic heterocycles. The van der Waals surface area contributed by atoms with Crippen molar-refractivity contribution >= 4 is 15.9 Å². The molecular weight excluding hydrogens is 294 g/mol. The van der Waals surface area contributed by atoms with Crippen LogP contribution in [0.2, 0.25) is 0 Å². The van der Waals surface area contributed by atoms with Gasteiger partial charge in [0.25, 0.3) is 0 Å². The monoisotopic (exact) mass is 321 g/mol. The molecule has 1 atom stereocenters. The number of rotatable bonds is 7. The summed E-state index contributed by atoms with van der Waals surface area (Å²) in [5.41, 5.74) is 0. The number of hydrogen-bond donors (Lipinski definition) is 2. The molecule has 0 spiro atoms. The molecule has 1 unspecified atom stereocenters. The van der Waals surface area contributed by atoms with Gasteiger partial charge in [-0.3, -0.25) is 9.69 Å². The second-order valence-corrected chi connectivity index (χ2v) is 7.28. The van der Waals surface area contributed by atoms with Crippen molar-refractivity contribution in [3.63, 3.8) is 0 Å². The summed E-state index contributed by atoms with van der Waals surface area (Å²) in [5.74, 6) is -0.143. The third kappa shape index (κ3) is 6.29. The van der Waals surface area contributed by atoms with E-state index in [9.17, 15) is 13.2 Å². The highest BCUT2D eigenvalue weighted by Crippen LogP contribution is 2.06. The maximum absolute atomic E-state index is 12.3. The topological polar surface area (TPSA) is 90.0 Å². The molecule has 0 aromatic heterocycles. The van der Waals surface area contributed by atoms with Gasteiger partial charge in [-0.15, -0.1) is 0 Å². The Kier molecular flexibility index (Phi) is 7.58. The van der Waals surface area contributed by atoms with Gasteiger partial charge in [0, 0.05) is 26.2 Å². The van der Waals surface area contributed by atoms with E-state index in [1.54, 1.807) is 18.7 Å². The lowest BCUT2D eigenvalue weighted by atomic mass is 10.3. The highest BCUT2D eigenvalue weighted by atomic mass is 32.2. The molecule has 2 N–H and O–H groups in total. The first kappa shape index (κ1) is 18.3. The molecule has 1 saturated heterocycles. The van der Waals surface area contributed by atoms with Crippen LogP contribution >= 0.6 is 0 Å². The number of nitrogens with zero attached hydrogens (tertiary/aromatic N) is 2. The van der Waals surface area contributed by atoms with Crippen LogP contribution in [0, 0.1) is 0 Å². The minimum atomic E-state index is -3.38. The highest BCUT2D eigenvalue weighted by Gasteiger charge is 2.25. The molecule has 1 rings (SSSR count). The fraction of sp³-hybridized carbons (Fsp3) is 0.923. The fourth-order valence-corrected chi connectivity index (χ4v) is 3.77. The molecule has 0 radical (unpaired) electrons. The Hall–Kier alpha value is -0.700. The maximum Gasteiger partial charge on any atom is 0.240 e. The Balaban J connectivity index is 2.54. The number of aliphatic hydroxyl groups is 1. The highest BCUT2D eigenvalue weighted by molar-refractivity contribution is 7.89. The SMILES string of the molecule is CCCS(=O)(=O)NC(C)C(=O)N1CCCN(CCO)CC1. The Morgan fingerprint density at radius 3 is 2.62 bits per heavy atom. The maximum atomic E-state index is 12.3. The van der Waals surface area contributed by atoms with E-state index in [1.807, 2.05) is 0 Å². The summed E-state index contributed by atoms with van der Waals surface area (Å²) >= 11 is 0. The lowest BCUT2D eigenvalue weighted by Crippen LogP contribution is -2.48. The molecule has 0 aliphatic carbocycles. The largest absolute Gasteiger partial charge is 0.395 e. The van der Waals surface area contributed by atoms with Crippen molar-refractivity contribution in [3.05, 3.63) is 0 Å². The van der Waals surface area contributed by atoms with Crippen LogP contribution in [0.3, 0.4) is 0 Å². The molecule has 0 aromatic rings. The van der Waals surface area contributed by atoms with Crippen molar-refractivity contribution in [3.8, 4) is 0 Å². The van der Waals surface area contributed by atoms with E-state index in [1.165, 1.54) is 0 Å². The zero-order valence-corrected chi connectivity index (χ0v) is 13.7. The number of sulfonamides is 1. The number of amides is 1. The first-order valence-electron chi connectivity index (χ1n) is 7.51. The van der Waals surface area contributed by atoms with Gasteiger partial charge < -0.3 is 10.0 Å². The lowest BCUT2D eigenvalue weighted by Gasteiger charge is -2.25. The molecule has 0 saturated carbocycles. The van der Waals surface area contributed by atoms with E-state index in [0.29, 0.717) is 32.6 Å². The number of β-amino-alcohol motifs (C(OH)–C–C–N with tert-alkyl or cyclic N) is 1. The summed E-state index contributed by atoms with van der Waals surface area (Å²) in [7, 11) is -3.38. The Labute approximate surface area is 127 Å². The Morgan fingerprint density at radius 1 is 1.29 bits per heavy atom. The summed E-state index contributed by atoms with van der Waals surface area (Å²) in [5, 5.41) is 8.95. The summed E-state index contributed by atoms with van der Waals surface area (Å²) < 4.78 is 25.9. The molecule has 1 amide bonds. The molecule has 7 nitrogen and oxygen atoms in total. The van der Waals surface area contributed by atoms with E-state index >= 15 is 0 Å². The first-order valence-corrected chi connectivity index (χ1v) is 9.17. The summed E-state index contributed by atoms with van der Waals surface area (Å²) in [6, 6.07) is -0.731. The third-order valence-electron chi connectivity index (χ3n) is 3.52. The van der Waals surface area contributed by atoms with Crippen LogP contribution in [0.5, 0.6) is 0 Å². The van der Waals surface area contributed by atoms with E-state index < -0.39 is 16.1 Å². The van der Waals surface area contributed by atoms with Gasteiger partial charge in [-0.1, -0.05) is 6.92 Å². The molecule has 8 heteroatoms. The van der Waals surface area contributed by atoms with Gasteiger partial charge in [-0.25, -0.2) is 13.1 Å². The first-order chi connectivity index (χ1) is 9.89. The van der Waals surface area contributed by atoms with Gasteiger partial charge in [-0.2, -0.15) is 0 Å². The molecular formula is C13H27N3O4S. The molecule has 0 aromatic carbocycles. The van der Waals surface area contributed by atoms with Crippen molar-refractivity contribution in [1.82, 2.24) is 14.5 Å². The van der Waals surface area contributed by atoms with Crippen molar-refractivity contribution in [2.24, 2.45) is 0 Å². The van der Waals surface area contributed by atoms with E-state index in [-0.39, 0.29) is 18.3 Å². The van der Waals surface area contributed by atoms with Crippen LogP contribution in [-0.2, 0) is 14.8 Å². The summed E-state index contributed by atoms with van der Waals surface area (Å²) in [6.45, 7) is 6.85. The second kappa shape index (κ2) is 8.67. The Bertz CT molecular complexity index is 427. The second-order valence-electron chi connectivity index (χ2n) is 5.40. The zero-order chi connectivity index (χ0) is 15.9. The minimum Gasteiger partial charge on any atom is -0.395 e. The van der Waals surface area contributed by atoms with Gasteiger partial charge in [0.15, 0.2) is 0 Å². The molecule has 0 bridgehead atoms. The number of carbonyl (C=O) groups excluding carboxylic acids is 1. The predicted octanol–water partition coefficient (Wildman–Crippen LogP) is -0.769. The van der Waals surface area contributed by atoms with Crippen LogP contribution < -0.4 is 4.72 Å². The number of hydrogen-bond acceptors (Lipinski definition) is 5. The van der Waals surface area contributed by atoms with Gasteiger partial charge in [0.1, 0.15) is 0 Å². The van der Waals surface area contributed by atoms with Gasteiger partial charge >= 0.3 is 0 Å². The third-order valence-corrected chi connectivity index (χ3v) is 5.17. The van der Waals surface area contributed by atoms with Crippen molar-refractivity contribution in [1.29, 1.82) is 0 Å². The molecule has 1 fully saturated rings. The molecule has 1 heterocycles. The van der Waals surface area contributed by atoms with Gasteiger partial charge in [0.2, 0.25) is 15.9 Å². The fourth-order valence-electron chi connectivity index (χ4n) is 2.48. The molecule has 124 valence electrons. The van der Waals surface area contributed by atoms with Crippen LogP contribution in [0.25, 0.3) is 0 Å². The number of nitrogens with one attached hydrogen (secondary N) is 1. The smallest absolute Gasteiger partial charge is 0.240 e. The number of carbonyl (C=O) groups is 1. The lowest BCUT2D eigenvalue weighted by molar-refractivity contribution is -0.132. The van der Waals surface area contributed by atoms with E-state index in [0.717, 1.165) is 13.0 Å². The van der Waals surface area contributed by atoms with Crippen LogP contribution in [0.15, 0.2) is 0 Å². The number of aliphatic hydroxyl groups excluding tert-OH is 1. The van der Waals surface area contributed by atoms with E-state index in [4.69, 9.17) is 5.11 Å². The van der Waals surface area contributed by atoms with Crippen molar-refractivity contribution < 1.29 is 18.3 Å². The Morgan fingerprint density at radius 2 is 2.00 bits per heavy atom. The quantitative estimate of drug-likeness (QED) is 0.643. The van der Waals surface area contributed by atoms with Crippen LogP contribution in [0.1, 0.15) is 26.7 Å². The summed E-state index contributed by atoms with van der Waals surface area (Å²) in [6.07, 6.45) is 1.36. The van der Waals surface area contributed by atoms with Crippen LogP contribution in [0.4, 0.5) is 0 Å². The predicted molar refractivity (Wildman–Crippen MR) is 81.4 cm³/mol. The summed E-state index contributed by atoms with van der Waals surface area (Å²) in [4.78, 5) is 16.1. The minimum absolute atomic E-state index is 0.0366. The van der Waals surface area contributed by atoms with Gasteiger partial charge in [-0.05, 0) is 26.3 Å². The van der Waals surface area contributed by atoms with E-state index in [2.05, 4.69) is 9.62 Å². The van der Waals surface area contributed by atoms with Crippen molar-refractivity contribution in [2.75, 3.05) is 45.1 Å². The average Bonchev–Trinajstić information content (AvgIpc) is 2.63. The average molecular weight is 321 g/mol. The normalized spacial score (nSPS) is 19.3. The van der Waals surface area contributed by atoms with Crippen molar-refractivity contribution in [2.45, 2.75) is 32.7 Å².